The van der Waals surface area contributed by atoms with E-state index in [9.17, 15) is 9.60 Å². The SMILES string of the molecule is [O-][n+]1cc(F)cc(-n2ccc(Cl)n2)c1. The molecule has 0 spiro atoms. The van der Waals surface area contributed by atoms with Gasteiger partial charge < -0.3 is 5.21 Å². The number of hydrogen-bond acceptors (Lipinski definition) is 2. The zero-order valence-corrected chi connectivity index (χ0v) is 7.65. The molecule has 0 aromatic carbocycles. The largest absolute Gasteiger partial charge is 0.619 e. The first-order valence-electron chi connectivity index (χ1n) is 3.76. The van der Waals surface area contributed by atoms with Crippen molar-refractivity contribution < 1.29 is 9.12 Å². The molecule has 0 atom stereocenters. The Morgan fingerprint density at radius 1 is 1.50 bits per heavy atom. The molecule has 14 heavy (non-hydrogen) atoms. The van der Waals surface area contributed by atoms with Crippen LogP contribution in [0.3, 0.4) is 0 Å². The van der Waals surface area contributed by atoms with Crippen LogP contribution in [0.25, 0.3) is 5.69 Å². The summed E-state index contributed by atoms with van der Waals surface area (Å²) in [4.78, 5) is 0. The molecule has 0 amide bonds. The molecule has 2 rings (SSSR count). The van der Waals surface area contributed by atoms with Gasteiger partial charge in [0.25, 0.3) is 0 Å². The van der Waals surface area contributed by atoms with Crippen molar-refractivity contribution in [3.05, 3.63) is 46.9 Å². The highest BCUT2D eigenvalue weighted by Gasteiger charge is 2.05. The monoisotopic (exact) mass is 213 g/mol. The van der Waals surface area contributed by atoms with E-state index in [0.29, 0.717) is 10.4 Å². The molecule has 0 aliphatic carbocycles. The molecule has 4 nitrogen and oxygen atoms in total. The maximum atomic E-state index is 12.8. The van der Waals surface area contributed by atoms with Crippen molar-refractivity contribution >= 4 is 11.6 Å². The van der Waals surface area contributed by atoms with Gasteiger partial charge in [-0.3, -0.25) is 0 Å². The molecule has 2 aromatic rings. The minimum Gasteiger partial charge on any atom is -0.619 e. The van der Waals surface area contributed by atoms with E-state index in [1.54, 1.807) is 6.07 Å². The number of halogens is 2. The van der Waals surface area contributed by atoms with Gasteiger partial charge in [0.15, 0.2) is 11.0 Å². The summed E-state index contributed by atoms with van der Waals surface area (Å²) in [5, 5.41) is 15.0. The van der Waals surface area contributed by atoms with Crippen LogP contribution >= 0.6 is 11.6 Å². The second-order valence-electron chi connectivity index (χ2n) is 2.66. The van der Waals surface area contributed by atoms with Crippen LogP contribution in [0.15, 0.2) is 30.7 Å². The van der Waals surface area contributed by atoms with Crippen molar-refractivity contribution in [3.8, 4) is 5.69 Å². The Hall–Kier alpha value is -1.62. The summed E-state index contributed by atoms with van der Waals surface area (Å²) in [5.41, 5.74) is 0.326. The molecule has 72 valence electrons. The summed E-state index contributed by atoms with van der Waals surface area (Å²) in [6.45, 7) is 0. The van der Waals surface area contributed by atoms with Gasteiger partial charge in [-0.05, 0) is 6.07 Å². The fourth-order valence-electron chi connectivity index (χ4n) is 1.08. The van der Waals surface area contributed by atoms with Crippen LogP contribution in [0.2, 0.25) is 5.15 Å². The maximum Gasteiger partial charge on any atom is 0.216 e. The Kier molecular flexibility index (Phi) is 2.09. The van der Waals surface area contributed by atoms with E-state index in [4.69, 9.17) is 11.6 Å². The van der Waals surface area contributed by atoms with E-state index in [2.05, 4.69) is 5.10 Å². The Balaban J connectivity index is 2.51. The second-order valence-corrected chi connectivity index (χ2v) is 3.04. The lowest BCUT2D eigenvalue weighted by molar-refractivity contribution is -0.606. The van der Waals surface area contributed by atoms with Gasteiger partial charge in [0.1, 0.15) is 5.69 Å². The van der Waals surface area contributed by atoms with E-state index < -0.39 is 5.82 Å². The lowest BCUT2D eigenvalue weighted by atomic mass is 10.4. The van der Waals surface area contributed by atoms with Gasteiger partial charge in [-0.1, -0.05) is 11.6 Å². The Morgan fingerprint density at radius 3 is 2.86 bits per heavy atom. The summed E-state index contributed by atoms with van der Waals surface area (Å²) in [5.74, 6) is -0.621. The Labute approximate surface area is 83.7 Å². The van der Waals surface area contributed by atoms with E-state index in [-0.39, 0.29) is 5.15 Å². The average molecular weight is 214 g/mol. The number of rotatable bonds is 1. The fourth-order valence-corrected chi connectivity index (χ4v) is 1.21. The van der Waals surface area contributed by atoms with Crippen molar-refractivity contribution in [1.82, 2.24) is 9.78 Å². The van der Waals surface area contributed by atoms with Gasteiger partial charge in [0.05, 0.1) is 0 Å². The summed E-state index contributed by atoms with van der Waals surface area (Å²) < 4.78 is 14.5. The summed E-state index contributed by atoms with van der Waals surface area (Å²) in [7, 11) is 0. The van der Waals surface area contributed by atoms with Crippen molar-refractivity contribution in [2.75, 3.05) is 0 Å². The van der Waals surface area contributed by atoms with Gasteiger partial charge in [-0.15, -0.1) is 0 Å². The molecule has 0 N–H and O–H groups in total. The van der Waals surface area contributed by atoms with Crippen molar-refractivity contribution in [1.29, 1.82) is 0 Å². The highest BCUT2D eigenvalue weighted by molar-refractivity contribution is 6.29. The van der Waals surface area contributed by atoms with Crippen molar-refractivity contribution in [2.24, 2.45) is 0 Å². The van der Waals surface area contributed by atoms with Gasteiger partial charge in [0, 0.05) is 12.3 Å². The minimum atomic E-state index is -0.621. The highest BCUT2D eigenvalue weighted by atomic mass is 35.5. The first-order valence-corrected chi connectivity index (χ1v) is 4.14. The molecular formula is C8H5ClFN3O. The zero-order valence-electron chi connectivity index (χ0n) is 6.89. The van der Waals surface area contributed by atoms with Crippen molar-refractivity contribution in [2.45, 2.75) is 0 Å². The fraction of sp³-hybridized carbons (Fsp3) is 0. The quantitative estimate of drug-likeness (QED) is 0.530. The third kappa shape index (κ3) is 1.67. The molecule has 0 radical (unpaired) electrons. The number of nitrogens with zero attached hydrogens (tertiary/aromatic N) is 3. The Bertz CT molecular complexity index is 451. The van der Waals surface area contributed by atoms with Crippen LogP contribution < -0.4 is 4.73 Å². The third-order valence-electron chi connectivity index (χ3n) is 1.62. The molecular weight excluding hydrogens is 209 g/mol. The van der Waals surface area contributed by atoms with Crippen LogP contribution in [0.4, 0.5) is 4.39 Å². The summed E-state index contributed by atoms with van der Waals surface area (Å²) in [6, 6.07) is 2.74. The molecule has 0 saturated heterocycles. The predicted molar refractivity (Wildman–Crippen MR) is 47.5 cm³/mol. The maximum absolute atomic E-state index is 12.8. The zero-order chi connectivity index (χ0) is 10.1. The molecule has 0 fully saturated rings. The molecule has 0 aliphatic heterocycles. The molecule has 0 unspecified atom stereocenters. The van der Waals surface area contributed by atoms with E-state index in [0.717, 1.165) is 6.20 Å². The van der Waals surface area contributed by atoms with Crippen LogP contribution in [0.5, 0.6) is 0 Å². The smallest absolute Gasteiger partial charge is 0.216 e. The first kappa shape index (κ1) is 8.96. The molecule has 2 aromatic heterocycles. The third-order valence-corrected chi connectivity index (χ3v) is 1.82. The van der Waals surface area contributed by atoms with Crippen LogP contribution in [-0.4, -0.2) is 9.78 Å². The van der Waals surface area contributed by atoms with E-state index in [1.807, 2.05) is 0 Å². The lowest BCUT2D eigenvalue weighted by Gasteiger charge is -2.01. The number of hydrogen-bond donors (Lipinski definition) is 0. The predicted octanol–water partition coefficient (Wildman–Crippen LogP) is 1.30. The molecule has 0 aliphatic rings. The molecule has 6 heteroatoms. The second kappa shape index (κ2) is 3.26. The normalized spacial score (nSPS) is 10.4. The van der Waals surface area contributed by atoms with Crippen molar-refractivity contribution in [3.63, 3.8) is 0 Å². The van der Waals surface area contributed by atoms with Gasteiger partial charge in [-0.2, -0.15) is 9.83 Å². The highest BCUT2D eigenvalue weighted by Crippen LogP contribution is 2.09. The lowest BCUT2D eigenvalue weighted by Crippen LogP contribution is -2.26. The van der Waals surface area contributed by atoms with E-state index >= 15 is 0 Å². The molecule has 0 bridgehead atoms. The number of pyridine rings is 1. The van der Waals surface area contributed by atoms with E-state index in [1.165, 1.54) is 23.1 Å². The topological polar surface area (TPSA) is 44.8 Å². The van der Waals surface area contributed by atoms with Crippen LogP contribution in [0, 0.1) is 11.0 Å². The first-order chi connectivity index (χ1) is 6.65. The standard InChI is InChI=1S/C8H5ClFN3O/c9-8-1-2-13(11-8)7-3-6(10)4-12(14)5-7/h1-5H. The Morgan fingerprint density at radius 2 is 2.29 bits per heavy atom. The number of aromatic nitrogens is 3. The van der Waals surface area contributed by atoms with Gasteiger partial charge in [0.2, 0.25) is 12.4 Å². The van der Waals surface area contributed by atoms with Gasteiger partial charge >= 0.3 is 0 Å². The van der Waals surface area contributed by atoms with Crippen LogP contribution in [-0.2, 0) is 0 Å². The van der Waals surface area contributed by atoms with Gasteiger partial charge in [-0.25, -0.2) is 9.07 Å². The molecule has 0 saturated carbocycles. The summed E-state index contributed by atoms with van der Waals surface area (Å²) >= 11 is 5.58. The summed E-state index contributed by atoms with van der Waals surface area (Å²) in [6.07, 6.45) is 3.57. The average Bonchev–Trinajstić information content (AvgIpc) is 2.50. The minimum absolute atomic E-state index is 0.284. The molecule has 2 heterocycles. The van der Waals surface area contributed by atoms with Crippen LogP contribution in [0.1, 0.15) is 0 Å².